The first-order chi connectivity index (χ1) is 23.6. The average molecular weight is 743 g/mol. The molecule has 1 atom stereocenters. The molecular formula is C37H41Cl2N3O5S2. The lowest BCUT2D eigenvalue weighted by Crippen LogP contribution is -2.53. The maximum Gasteiger partial charge on any atom is 0.264 e. The van der Waals surface area contributed by atoms with Crippen molar-refractivity contribution in [2.24, 2.45) is 0 Å². The SMILES string of the molecule is CCCCNC(=O)C(Cc1ccccc1)N(Cc1ccc(Cl)cc1Cl)C(=O)CN(c1ccccc1OCC)S(=O)(=O)c1ccc(SC)cc1. The van der Waals surface area contributed by atoms with Crippen molar-refractivity contribution in [2.75, 3.05) is 30.3 Å². The van der Waals surface area contributed by atoms with Gasteiger partial charge in [0.1, 0.15) is 18.3 Å². The van der Waals surface area contributed by atoms with Crippen molar-refractivity contribution >= 4 is 62.5 Å². The van der Waals surface area contributed by atoms with Crippen LogP contribution in [0.3, 0.4) is 0 Å². The van der Waals surface area contributed by atoms with Gasteiger partial charge in [-0.3, -0.25) is 13.9 Å². The summed E-state index contributed by atoms with van der Waals surface area (Å²) < 4.78 is 35.8. The van der Waals surface area contributed by atoms with Crippen LogP contribution < -0.4 is 14.4 Å². The second-order valence-corrected chi connectivity index (χ2v) is 14.8. The number of carbonyl (C=O) groups is 2. The molecule has 4 rings (SSSR count). The van der Waals surface area contributed by atoms with Gasteiger partial charge in [0.2, 0.25) is 11.8 Å². The van der Waals surface area contributed by atoms with E-state index in [0.29, 0.717) is 27.9 Å². The number of carbonyl (C=O) groups excluding carboxylic acids is 2. The Kier molecular flexibility index (Phi) is 14.3. The number of hydrogen-bond donors (Lipinski definition) is 1. The molecule has 0 saturated carbocycles. The fourth-order valence-electron chi connectivity index (χ4n) is 5.22. The molecule has 0 fully saturated rings. The summed E-state index contributed by atoms with van der Waals surface area (Å²) in [6.45, 7) is 3.84. The number of para-hydroxylation sites is 2. The van der Waals surface area contributed by atoms with E-state index in [-0.39, 0.29) is 36.1 Å². The Bertz CT molecular complexity index is 1810. The molecule has 0 aromatic heterocycles. The molecule has 0 aliphatic rings. The zero-order valence-electron chi connectivity index (χ0n) is 27.8. The number of amides is 2. The van der Waals surface area contributed by atoms with Crippen LogP contribution in [0.4, 0.5) is 5.69 Å². The molecule has 4 aromatic carbocycles. The molecule has 0 bridgehead atoms. The number of rotatable bonds is 17. The van der Waals surface area contributed by atoms with Crippen LogP contribution in [0, 0.1) is 0 Å². The highest BCUT2D eigenvalue weighted by molar-refractivity contribution is 7.98. The Morgan fingerprint density at radius 1 is 0.918 bits per heavy atom. The fraction of sp³-hybridized carbons (Fsp3) is 0.297. The second-order valence-electron chi connectivity index (χ2n) is 11.2. The molecule has 4 aromatic rings. The van der Waals surface area contributed by atoms with Gasteiger partial charge in [0.25, 0.3) is 10.0 Å². The first kappa shape index (κ1) is 38.1. The molecule has 1 unspecified atom stereocenters. The number of sulfonamides is 1. The summed E-state index contributed by atoms with van der Waals surface area (Å²) in [7, 11) is -4.31. The predicted octanol–water partition coefficient (Wildman–Crippen LogP) is 7.87. The second kappa shape index (κ2) is 18.3. The lowest BCUT2D eigenvalue weighted by molar-refractivity contribution is -0.140. The van der Waals surface area contributed by atoms with E-state index in [1.807, 2.05) is 43.5 Å². The fourth-order valence-corrected chi connectivity index (χ4v) is 7.52. The van der Waals surface area contributed by atoms with E-state index in [9.17, 15) is 18.0 Å². The van der Waals surface area contributed by atoms with Crippen LogP contribution in [-0.2, 0) is 32.6 Å². The van der Waals surface area contributed by atoms with E-state index in [1.54, 1.807) is 61.5 Å². The van der Waals surface area contributed by atoms with Crippen molar-refractivity contribution in [3.63, 3.8) is 0 Å². The first-order valence-corrected chi connectivity index (χ1v) is 19.4. The van der Waals surface area contributed by atoms with Crippen molar-refractivity contribution in [3.8, 4) is 5.75 Å². The molecule has 0 spiro atoms. The highest BCUT2D eigenvalue weighted by Crippen LogP contribution is 2.34. The van der Waals surface area contributed by atoms with Crippen molar-refractivity contribution < 1.29 is 22.7 Å². The Balaban J connectivity index is 1.85. The van der Waals surface area contributed by atoms with Gasteiger partial charge in [-0.25, -0.2) is 8.42 Å². The van der Waals surface area contributed by atoms with Gasteiger partial charge < -0.3 is 15.0 Å². The largest absolute Gasteiger partial charge is 0.492 e. The van der Waals surface area contributed by atoms with Gasteiger partial charge in [0.05, 0.1) is 17.2 Å². The van der Waals surface area contributed by atoms with Gasteiger partial charge in [0, 0.05) is 34.5 Å². The van der Waals surface area contributed by atoms with Crippen molar-refractivity contribution in [3.05, 3.63) is 118 Å². The predicted molar refractivity (Wildman–Crippen MR) is 199 cm³/mol. The van der Waals surface area contributed by atoms with Gasteiger partial charge in [-0.1, -0.05) is 85.1 Å². The minimum atomic E-state index is -4.31. The normalized spacial score (nSPS) is 11.9. The van der Waals surface area contributed by atoms with Crippen LogP contribution in [0.25, 0.3) is 0 Å². The van der Waals surface area contributed by atoms with Crippen LogP contribution in [-0.4, -0.2) is 57.1 Å². The van der Waals surface area contributed by atoms with Crippen LogP contribution in [0.1, 0.15) is 37.8 Å². The van der Waals surface area contributed by atoms with Crippen molar-refractivity contribution in [1.82, 2.24) is 10.2 Å². The zero-order valence-corrected chi connectivity index (χ0v) is 30.9. The Morgan fingerprint density at radius 3 is 2.27 bits per heavy atom. The van der Waals surface area contributed by atoms with Gasteiger partial charge in [0.15, 0.2) is 0 Å². The zero-order chi connectivity index (χ0) is 35.4. The third kappa shape index (κ3) is 10.2. The summed E-state index contributed by atoms with van der Waals surface area (Å²) in [5.74, 6) is -0.659. The maximum atomic E-state index is 14.7. The van der Waals surface area contributed by atoms with E-state index in [2.05, 4.69) is 5.32 Å². The number of benzene rings is 4. The number of nitrogens with zero attached hydrogens (tertiary/aromatic N) is 2. The van der Waals surface area contributed by atoms with Gasteiger partial charge in [-0.2, -0.15) is 0 Å². The van der Waals surface area contributed by atoms with Crippen molar-refractivity contribution in [2.45, 2.75) is 55.5 Å². The molecule has 1 N–H and O–H groups in total. The van der Waals surface area contributed by atoms with Crippen LogP contribution in [0.2, 0.25) is 10.0 Å². The Labute approximate surface area is 303 Å². The molecular weight excluding hydrogens is 701 g/mol. The highest BCUT2D eigenvalue weighted by atomic mass is 35.5. The number of anilines is 1. The van der Waals surface area contributed by atoms with E-state index in [1.165, 1.54) is 28.8 Å². The number of ether oxygens (including phenoxy) is 1. The standard InChI is InChI=1S/C37H41Cl2N3O5S2/c1-4-6-22-40-37(44)34(23-27-12-8-7-9-13-27)41(25-28-16-17-29(38)24-32(28)39)36(43)26-42(33-14-10-11-15-35(33)47-5-2)49(45,46)31-20-18-30(48-3)19-21-31/h7-21,24,34H,4-6,22-23,25-26H2,1-3H3,(H,40,44). The molecule has 0 radical (unpaired) electrons. The number of hydrogen-bond acceptors (Lipinski definition) is 6. The summed E-state index contributed by atoms with van der Waals surface area (Å²) >= 11 is 14.3. The molecule has 2 amide bonds. The third-order valence-corrected chi connectivity index (χ3v) is 10.9. The maximum absolute atomic E-state index is 14.7. The summed E-state index contributed by atoms with van der Waals surface area (Å²) in [6.07, 6.45) is 3.72. The molecule has 0 heterocycles. The molecule has 8 nitrogen and oxygen atoms in total. The Hall–Kier alpha value is -3.70. The monoisotopic (exact) mass is 741 g/mol. The van der Waals surface area contributed by atoms with Crippen LogP contribution in [0.15, 0.2) is 107 Å². The van der Waals surface area contributed by atoms with E-state index in [4.69, 9.17) is 27.9 Å². The summed E-state index contributed by atoms with van der Waals surface area (Å²) in [4.78, 5) is 31.0. The van der Waals surface area contributed by atoms with Crippen molar-refractivity contribution in [1.29, 1.82) is 0 Å². The lowest BCUT2D eigenvalue weighted by atomic mass is 10.0. The third-order valence-electron chi connectivity index (χ3n) is 7.82. The summed E-state index contributed by atoms with van der Waals surface area (Å²) in [5.41, 5.74) is 1.58. The number of nitrogens with one attached hydrogen (secondary N) is 1. The van der Waals surface area contributed by atoms with Crippen LogP contribution >= 0.6 is 35.0 Å². The molecule has 12 heteroatoms. The van der Waals surface area contributed by atoms with Gasteiger partial charge in [-0.15, -0.1) is 11.8 Å². The summed E-state index contributed by atoms with van der Waals surface area (Å²) in [5, 5.41) is 3.72. The minimum absolute atomic E-state index is 0.00911. The number of unbranched alkanes of at least 4 members (excludes halogenated alkanes) is 1. The van der Waals surface area contributed by atoms with E-state index >= 15 is 0 Å². The first-order valence-electron chi connectivity index (χ1n) is 16.0. The molecule has 0 aliphatic carbocycles. The van der Waals surface area contributed by atoms with Gasteiger partial charge >= 0.3 is 0 Å². The quantitative estimate of drug-likeness (QED) is 0.0875. The molecule has 49 heavy (non-hydrogen) atoms. The molecule has 260 valence electrons. The molecule has 0 saturated heterocycles. The van der Waals surface area contributed by atoms with E-state index in [0.717, 1.165) is 27.6 Å². The highest BCUT2D eigenvalue weighted by Gasteiger charge is 2.35. The average Bonchev–Trinajstić information content (AvgIpc) is 3.10. The van der Waals surface area contributed by atoms with E-state index < -0.39 is 28.5 Å². The lowest BCUT2D eigenvalue weighted by Gasteiger charge is -2.34. The Morgan fingerprint density at radius 2 is 1.61 bits per heavy atom. The van der Waals surface area contributed by atoms with Gasteiger partial charge in [-0.05, 0) is 79.3 Å². The summed E-state index contributed by atoms with van der Waals surface area (Å²) in [6, 6.07) is 26.5. The minimum Gasteiger partial charge on any atom is -0.492 e. The molecule has 0 aliphatic heterocycles. The topological polar surface area (TPSA) is 96.0 Å². The number of thioether (sulfide) groups is 1. The number of halogens is 2. The van der Waals surface area contributed by atoms with Crippen LogP contribution in [0.5, 0.6) is 5.75 Å². The smallest absolute Gasteiger partial charge is 0.264 e.